The van der Waals surface area contributed by atoms with Crippen LogP contribution in [-0.2, 0) is 0 Å². The van der Waals surface area contributed by atoms with Crippen molar-refractivity contribution in [3.63, 3.8) is 0 Å². The quantitative estimate of drug-likeness (QED) is 0.681. The second kappa shape index (κ2) is 4.53. The van der Waals surface area contributed by atoms with Gasteiger partial charge in [-0.05, 0) is 36.1 Å². The second-order valence-electron chi connectivity index (χ2n) is 4.71. The first-order valence-electron chi connectivity index (χ1n) is 5.86. The molecular weight excluding hydrogens is 250 g/mol. The lowest BCUT2D eigenvalue weighted by atomic mass is 9.72. The van der Waals surface area contributed by atoms with Crippen LogP contribution in [-0.4, -0.2) is 26.1 Å². The molecule has 0 saturated heterocycles. The first-order valence-corrected chi connectivity index (χ1v) is 7.48. The number of aromatic nitrogens is 3. The van der Waals surface area contributed by atoms with E-state index in [1.807, 2.05) is 24.4 Å². The summed E-state index contributed by atoms with van der Waals surface area (Å²) in [5, 5.41) is 9.40. The Morgan fingerprint density at radius 1 is 1.35 bits per heavy atom. The molecule has 0 atom stereocenters. The van der Waals surface area contributed by atoms with E-state index in [1.54, 1.807) is 11.8 Å². The zero-order chi connectivity index (χ0) is 11.7. The molecular formula is C12H15N3S2. The average Bonchev–Trinajstić information content (AvgIpc) is 2.72. The summed E-state index contributed by atoms with van der Waals surface area (Å²) in [5.41, 5.74) is 1.36. The summed E-state index contributed by atoms with van der Waals surface area (Å²) in [6.45, 7) is 0. The molecule has 1 fully saturated rings. The Hall–Kier alpha value is -0.680. The van der Waals surface area contributed by atoms with Crippen LogP contribution in [0.3, 0.4) is 0 Å². The summed E-state index contributed by atoms with van der Waals surface area (Å²) >= 11 is 6.29. The Morgan fingerprint density at radius 3 is 2.94 bits per heavy atom. The highest BCUT2D eigenvalue weighted by Crippen LogP contribution is 2.45. The maximum absolute atomic E-state index is 4.48. The number of nitrogens with zero attached hydrogens (tertiary/aromatic N) is 3. The fourth-order valence-corrected chi connectivity index (χ4v) is 3.96. The van der Waals surface area contributed by atoms with E-state index in [-0.39, 0.29) is 0 Å². The Morgan fingerprint density at radius 2 is 2.24 bits per heavy atom. The van der Waals surface area contributed by atoms with Gasteiger partial charge >= 0.3 is 0 Å². The van der Waals surface area contributed by atoms with Gasteiger partial charge in [0.1, 0.15) is 0 Å². The first kappa shape index (κ1) is 11.4. The van der Waals surface area contributed by atoms with Crippen LogP contribution in [0.2, 0.25) is 0 Å². The second-order valence-corrected chi connectivity index (χ2v) is 5.97. The van der Waals surface area contributed by atoms with Crippen LogP contribution in [0, 0.1) is 5.41 Å². The number of thiol groups is 1. The van der Waals surface area contributed by atoms with Gasteiger partial charge in [0.25, 0.3) is 0 Å². The minimum atomic E-state index is 0.439. The van der Waals surface area contributed by atoms with Crippen LogP contribution >= 0.6 is 24.4 Å². The van der Waals surface area contributed by atoms with Gasteiger partial charge in [0.2, 0.25) is 0 Å². The van der Waals surface area contributed by atoms with E-state index >= 15 is 0 Å². The maximum atomic E-state index is 4.48. The lowest BCUT2D eigenvalue weighted by Gasteiger charge is -2.40. The Bertz CT molecular complexity index is 514. The third-order valence-electron chi connectivity index (χ3n) is 3.54. The molecule has 0 bridgehead atoms. The van der Waals surface area contributed by atoms with Gasteiger partial charge < -0.3 is 0 Å². The lowest BCUT2D eigenvalue weighted by Crippen LogP contribution is -2.33. The van der Waals surface area contributed by atoms with Gasteiger partial charge in [-0.3, -0.25) is 4.40 Å². The number of pyridine rings is 1. The number of hydrogen-bond acceptors (Lipinski definition) is 4. The Labute approximate surface area is 110 Å². The van der Waals surface area contributed by atoms with Gasteiger partial charge in [0, 0.05) is 11.9 Å². The topological polar surface area (TPSA) is 30.2 Å². The molecule has 0 radical (unpaired) electrons. The Kier molecular flexibility index (Phi) is 3.04. The van der Waals surface area contributed by atoms with E-state index in [9.17, 15) is 0 Å². The summed E-state index contributed by atoms with van der Waals surface area (Å²) in [5.74, 6) is 2.09. The van der Waals surface area contributed by atoms with Crippen LogP contribution < -0.4 is 0 Å². The smallest absolute Gasteiger partial charge is 0.195 e. The highest BCUT2D eigenvalue weighted by Gasteiger charge is 2.35. The average molecular weight is 265 g/mol. The molecule has 0 amide bonds. The molecule has 2 heterocycles. The Balaban J connectivity index is 1.77. The zero-order valence-electron chi connectivity index (χ0n) is 9.54. The van der Waals surface area contributed by atoms with Crippen molar-refractivity contribution in [3.05, 3.63) is 24.4 Å². The van der Waals surface area contributed by atoms with Crippen molar-refractivity contribution >= 4 is 30.0 Å². The van der Waals surface area contributed by atoms with Gasteiger partial charge in [0.05, 0.1) is 0 Å². The molecule has 0 N–H and O–H groups in total. The summed E-state index contributed by atoms with van der Waals surface area (Å²) in [6, 6.07) is 5.98. The molecule has 3 nitrogen and oxygen atoms in total. The fourth-order valence-electron chi connectivity index (χ4n) is 2.16. The number of thioether (sulfide) groups is 1. The van der Waals surface area contributed by atoms with Crippen molar-refractivity contribution < 1.29 is 0 Å². The van der Waals surface area contributed by atoms with E-state index in [4.69, 9.17) is 0 Å². The molecule has 2 aromatic heterocycles. The number of hydrogen-bond donors (Lipinski definition) is 1. The summed E-state index contributed by atoms with van der Waals surface area (Å²) in [6.07, 6.45) is 5.98. The molecule has 0 aromatic carbocycles. The van der Waals surface area contributed by atoms with Gasteiger partial charge in [0.15, 0.2) is 10.8 Å². The normalized spacial score (nSPS) is 18.2. The van der Waals surface area contributed by atoms with Crippen molar-refractivity contribution in [1.29, 1.82) is 0 Å². The van der Waals surface area contributed by atoms with Crippen LogP contribution in [0.15, 0.2) is 29.6 Å². The van der Waals surface area contributed by atoms with E-state index in [1.165, 1.54) is 19.3 Å². The standard InChI is InChI=1S/C12H15N3S2/c16-8-12(5-3-6-12)9-17-11-14-13-10-4-1-2-7-15(10)11/h1-2,4,7,16H,3,5-6,8-9H2. The van der Waals surface area contributed by atoms with Gasteiger partial charge in [-0.15, -0.1) is 10.2 Å². The van der Waals surface area contributed by atoms with E-state index in [2.05, 4.69) is 27.2 Å². The van der Waals surface area contributed by atoms with Crippen molar-refractivity contribution in [2.45, 2.75) is 24.4 Å². The minimum Gasteiger partial charge on any atom is -0.277 e. The third kappa shape index (κ3) is 2.06. The van der Waals surface area contributed by atoms with Gasteiger partial charge in [-0.25, -0.2) is 0 Å². The predicted octanol–water partition coefficient (Wildman–Crippen LogP) is 2.92. The molecule has 0 spiro atoms. The van der Waals surface area contributed by atoms with Crippen LogP contribution in [0.1, 0.15) is 19.3 Å². The molecule has 2 aromatic rings. The molecule has 1 saturated carbocycles. The minimum absolute atomic E-state index is 0.439. The van der Waals surface area contributed by atoms with Crippen molar-refractivity contribution in [1.82, 2.24) is 14.6 Å². The number of rotatable bonds is 4. The molecule has 5 heteroatoms. The van der Waals surface area contributed by atoms with Crippen LogP contribution in [0.4, 0.5) is 0 Å². The zero-order valence-corrected chi connectivity index (χ0v) is 11.3. The highest BCUT2D eigenvalue weighted by atomic mass is 32.2. The molecule has 1 aliphatic rings. The van der Waals surface area contributed by atoms with Gasteiger partial charge in [-0.1, -0.05) is 24.2 Å². The SMILES string of the molecule is SCC1(CSc2nnc3ccccn23)CCC1. The molecule has 90 valence electrons. The van der Waals surface area contributed by atoms with Crippen LogP contribution in [0.5, 0.6) is 0 Å². The molecule has 1 aliphatic carbocycles. The predicted molar refractivity (Wildman–Crippen MR) is 73.8 cm³/mol. The van der Waals surface area contributed by atoms with Crippen molar-refractivity contribution in [2.75, 3.05) is 11.5 Å². The van der Waals surface area contributed by atoms with E-state index in [0.717, 1.165) is 22.3 Å². The summed E-state index contributed by atoms with van der Waals surface area (Å²) < 4.78 is 2.05. The molecule has 17 heavy (non-hydrogen) atoms. The van der Waals surface area contributed by atoms with Crippen molar-refractivity contribution in [3.8, 4) is 0 Å². The summed E-state index contributed by atoms with van der Waals surface area (Å²) in [4.78, 5) is 0. The third-order valence-corrected chi connectivity index (χ3v) is 5.50. The van der Waals surface area contributed by atoms with E-state index in [0.29, 0.717) is 5.41 Å². The fraction of sp³-hybridized carbons (Fsp3) is 0.500. The monoisotopic (exact) mass is 265 g/mol. The highest BCUT2D eigenvalue weighted by molar-refractivity contribution is 7.99. The summed E-state index contributed by atoms with van der Waals surface area (Å²) in [7, 11) is 0. The first-order chi connectivity index (χ1) is 8.33. The molecule has 0 unspecified atom stereocenters. The van der Waals surface area contributed by atoms with Gasteiger partial charge in [-0.2, -0.15) is 12.6 Å². The van der Waals surface area contributed by atoms with Crippen LogP contribution in [0.25, 0.3) is 5.65 Å². The molecule has 0 aliphatic heterocycles. The number of fused-ring (bicyclic) bond motifs is 1. The maximum Gasteiger partial charge on any atom is 0.195 e. The lowest BCUT2D eigenvalue weighted by molar-refractivity contribution is 0.205. The van der Waals surface area contributed by atoms with Crippen molar-refractivity contribution in [2.24, 2.45) is 5.41 Å². The largest absolute Gasteiger partial charge is 0.277 e. The van der Waals surface area contributed by atoms with E-state index < -0.39 is 0 Å². The molecule has 3 rings (SSSR count).